The molecule has 3 nitrogen and oxygen atoms in total. The van der Waals surface area contributed by atoms with Crippen LogP contribution < -0.4 is 0 Å². The van der Waals surface area contributed by atoms with E-state index in [0.717, 1.165) is 24.8 Å². The number of rotatable bonds is 3. The molecule has 3 aromatic rings. The average molecular weight is 380 g/mol. The number of thiophene rings is 1. The lowest BCUT2D eigenvalue weighted by Crippen LogP contribution is -1.98. The second kappa shape index (κ2) is 5.71. The lowest BCUT2D eigenvalue weighted by atomic mass is 10.1. The van der Waals surface area contributed by atoms with E-state index >= 15 is 0 Å². The molecule has 0 spiro atoms. The zero-order valence-electron chi connectivity index (χ0n) is 11.0. The molecular weight excluding hydrogens is 370 g/mol. The van der Waals surface area contributed by atoms with Crippen molar-refractivity contribution < 1.29 is 9.90 Å². The number of thiazole rings is 1. The minimum Gasteiger partial charge on any atom is -0.476 e. The summed E-state index contributed by atoms with van der Waals surface area (Å²) in [5.41, 5.74) is 0.995. The predicted molar refractivity (Wildman–Crippen MR) is 90.3 cm³/mol. The average Bonchev–Trinajstić information content (AvgIpc) is 3.05. The topological polar surface area (TPSA) is 50.2 Å². The Bertz CT molecular complexity index is 789. The number of hydrogen-bond acceptors (Lipinski definition) is 4. The van der Waals surface area contributed by atoms with Crippen molar-refractivity contribution in [2.24, 2.45) is 0 Å². The van der Waals surface area contributed by atoms with Crippen LogP contribution in [0.3, 0.4) is 0 Å². The molecule has 2 heterocycles. The van der Waals surface area contributed by atoms with Crippen molar-refractivity contribution in [2.75, 3.05) is 0 Å². The van der Waals surface area contributed by atoms with Crippen molar-refractivity contribution in [3.05, 3.63) is 51.4 Å². The van der Waals surface area contributed by atoms with Gasteiger partial charge in [-0.25, -0.2) is 9.78 Å². The van der Waals surface area contributed by atoms with Gasteiger partial charge >= 0.3 is 5.97 Å². The normalized spacial score (nSPS) is 10.8. The number of nitrogens with zero attached hydrogens (tertiary/aromatic N) is 1. The summed E-state index contributed by atoms with van der Waals surface area (Å²) in [6.45, 7) is 2.02. The van der Waals surface area contributed by atoms with Crippen LogP contribution in [0.5, 0.6) is 0 Å². The van der Waals surface area contributed by atoms with Crippen LogP contribution in [-0.2, 0) is 0 Å². The van der Waals surface area contributed by atoms with Crippen LogP contribution in [0, 0.1) is 6.92 Å². The van der Waals surface area contributed by atoms with Crippen LogP contribution in [0.15, 0.2) is 40.9 Å². The van der Waals surface area contributed by atoms with E-state index in [9.17, 15) is 9.90 Å². The second-order valence-electron chi connectivity index (χ2n) is 4.38. The summed E-state index contributed by atoms with van der Waals surface area (Å²) in [5.74, 6) is -0.997. The predicted octanol–water partition coefficient (Wildman–Crippen LogP) is 5.31. The Morgan fingerprint density at radius 2 is 1.95 bits per heavy atom. The molecule has 0 radical (unpaired) electrons. The molecule has 2 aromatic heterocycles. The summed E-state index contributed by atoms with van der Waals surface area (Å²) in [4.78, 5) is 18.6. The summed E-state index contributed by atoms with van der Waals surface area (Å²) in [6.07, 6.45) is 0. The molecule has 0 bridgehead atoms. The second-order valence-corrected chi connectivity index (χ2v) is 7.49. The van der Waals surface area contributed by atoms with Gasteiger partial charge in [0.1, 0.15) is 5.01 Å². The molecule has 0 fully saturated rings. The number of aryl methyl sites for hydroxylation is 1. The fourth-order valence-electron chi connectivity index (χ4n) is 1.92. The van der Waals surface area contributed by atoms with E-state index in [1.54, 1.807) is 11.3 Å². The number of aromatic carboxylic acids is 1. The van der Waals surface area contributed by atoms with Crippen molar-refractivity contribution in [3.8, 4) is 20.3 Å². The molecule has 106 valence electrons. The van der Waals surface area contributed by atoms with Crippen LogP contribution in [0.2, 0.25) is 0 Å². The fourth-order valence-corrected chi connectivity index (χ4v) is 4.56. The number of halogens is 1. The first-order valence-corrected chi connectivity index (χ1v) is 8.54. The van der Waals surface area contributed by atoms with E-state index in [0.29, 0.717) is 4.88 Å². The van der Waals surface area contributed by atoms with E-state index < -0.39 is 5.97 Å². The van der Waals surface area contributed by atoms with Crippen LogP contribution in [0.1, 0.15) is 15.4 Å². The molecule has 6 heteroatoms. The van der Waals surface area contributed by atoms with Crippen LogP contribution in [0.25, 0.3) is 20.3 Å². The number of hydrogen-bond donors (Lipinski definition) is 1. The maximum Gasteiger partial charge on any atom is 0.356 e. The molecule has 0 atom stereocenters. The van der Waals surface area contributed by atoms with Gasteiger partial charge in [0.25, 0.3) is 0 Å². The molecule has 3 rings (SSSR count). The SMILES string of the molecule is Cc1sc(-c2nc(C(=O)O)c(-c3ccccc3)s2)cc1Br. The molecule has 1 N–H and O–H groups in total. The van der Waals surface area contributed by atoms with Crippen LogP contribution in [-0.4, -0.2) is 16.1 Å². The first kappa shape index (κ1) is 14.4. The summed E-state index contributed by atoms with van der Waals surface area (Å²) in [7, 11) is 0. The Balaban J connectivity index is 2.15. The van der Waals surface area contributed by atoms with Gasteiger partial charge in [0.05, 0.1) is 9.75 Å². The van der Waals surface area contributed by atoms with Gasteiger partial charge in [0, 0.05) is 9.35 Å². The largest absolute Gasteiger partial charge is 0.476 e. The van der Waals surface area contributed by atoms with Crippen LogP contribution >= 0.6 is 38.6 Å². The number of carbonyl (C=O) groups is 1. The van der Waals surface area contributed by atoms with Gasteiger partial charge in [-0.15, -0.1) is 22.7 Å². The smallest absolute Gasteiger partial charge is 0.356 e. The third-order valence-electron chi connectivity index (χ3n) is 2.93. The van der Waals surface area contributed by atoms with E-state index in [1.807, 2.05) is 43.3 Å². The molecule has 21 heavy (non-hydrogen) atoms. The lowest BCUT2D eigenvalue weighted by Gasteiger charge is -1.97. The van der Waals surface area contributed by atoms with Crippen molar-refractivity contribution >= 4 is 44.6 Å². The number of carboxylic acid groups (broad SMARTS) is 1. The lowest BCUT2D eigenvalue weighted by molar-refractivity contribution is 0.0692. The fraction of sp³-hybridized carbons (Fsp3) is 0.0667. The van der Waals surface area contributed by atoms with Crippen molar-refractivity contribution in [2.45, 2.75) is 6.92 Å². The standard InChI is InChI=1S/C15H10BrNO2S2/c1-8-10(16)7-11(20-8)14-17-12(15(18)19)13(21-14)9-5-3-2-4-6-9/h2-7H,1H3,(H,18,19). The zero-order valence-corrected chi connectivity index (χ0v) is 14.2. The first-order valence-electron chi connectivity index (χ1n) is 6.12. The van der Waals surface area contributed by atoms with Gasteiger partial charge in [0.15, 0.2) is 5.69 Å². The minimum absolute atomic E-state index is 0.114. The van der Waals surface area contributed by atoms with E-state index in [1.165, 1.54) is 11.3 Å². The van der Waals surface area contributed by atoms with E-state index in [2.05, 4.69) is 20.9 Å². The maximum atomic E-state index is 11.5. The first-order chi connectivity index (χ1) is 10.1. The molecule has 0 aliphatic carbocycles. The Labute approximate surface area is 138 Å². The molecule has 0 saturated carbocycles. The van der Waals surface area contributed by atoms with Gasteiger partial charge in [-0.1, -0.05) is 30.3 Å². The molecular formula is C15H10BrNO2S2. The van der Waals surface area contributed by atoms with Gasteiger partial charge in [0.2, 0.25) is 0 Å². The highest BCUT2D eigenvalue weighted by molar-refractivity contribution is 9.10. The molecule has 0 amide bonds. The highest BCUT2D eigenvalue weighted by atomic mass is 79.9. The Morgan fingerprint density at radius 1 is 1.24 bits per heavy atom. The molecule has 0 aliphatic rings. The van der Waals surface area contributed by atoms with Crippen molar-refractivity contribution in [1.82, 2.24) is 4.98 Å². The zero-order chi connectivity index (χ0) is 15.0. The summed E-state index contributed by atoms with van der Waals surface area (Å²) in [6, 6.07) is 11.5. The van der Waals surface area contributed by atoms with Gasteiger partial charge in [-0.05, 0) is 34.5 Å². The van der Waals surface area contributed by atoms with E-state index in [-0.39, 0.29) is 5.69 Å². The van der Waals surface area contributed by atoms with Gasteiger partial charge in [-0.3, -0.25) is 0 Å². The molecule has 1 aromatic carbocycles. The molecule has 0 unspecified atom stereocenters. The molecule has 0 aliphatic heterocycles. The molecule has 0 saturated heterocycles. The van der Waals surface area contributed by atoms with Crippen molar-refractivity contribution in [3.63, 3.8) is 0 Å². The van der Waals surface area contributed by atoms with E-state index in [4.69, 9.17) is 0 Å². The highest BCUT2D eigenvalue weighted by Gasteiger charge is 2.20. The quantitative estimate of drug-likeness (QED) is 0.670. The highest BCUT2D eigenvalue weighted by Crippen LogP contribution is 2.40. The number of carboxylic acids is 1. The summed E-state index contributed by atoms with van der Waals surface area (Å²) < 4.78 is 1.02. The maximum absolute atomic E-state index is 11.5. The Morgan fingerprint density at radius 3 is 2.52 bits per heavy atom. The summed E-state index contributed by atoms with van der Waals surface area (Å²) >= 11 is 6.50. The Hall–Kier alpha value is -1.50. The summed E-state index contributed by atoms with van der Waals surface area (Å²) in [5, 5.41) is 10.1. The third-order valence-corrected chi connectivity index (χ3v) is 6.34. The van der Waals surface area contributed by atoms with Crippen molar-refractivity contribution in [1.29, 1.82) is 0 Å². The Kier molecular flexibility index (Phi) is 3.93. The monoisotopic (exact) mass is 379 g/mol. The van der Waals surface area contributed by atoms with Gasteiger partial charge < -0.3 is 5.11 Å². The third kappa shape index (κ3) is 2.79. The number of aromatic nitrogens is 1. The number of benzene rings is 1. The van der Waals surface area contributed by atoms with Gasteiger partial charge in [-0.2, -0.15) is 0 Å². The minimum atomic E-state index is -0.997. The van der Waals surface area contributed by atoms with Crippen LogP contribution in [0.4, 0.5) is 0 Å².